The van der Waals surface area contributed by atoms with E-state index in [-0.39, 0.29) is 5.91 Å². The lowest BCUT2D eigenvalue weighted by Gasteiger charge is -2.33. The molecule has 1 aliphatic heterocycles. The van der Waals surface area contributed by atoms with Crippen LogP contribution in [0.25, 0.3) is 0 Å². The Hall–Kier alpha value is -2.60. The van der Waals surface area contributed by atoms with E-state index in [1.165, 1.54) is 0 Å². The number of hydrogen-bond donors (Lipinski definition) is 1. The van der Waals surface area contributed by atoms with Crippen LogP contribution in [-0.4, -0.2) is 56.1 Å². The van der Waals surface area contributed by atoms with Gasteiger partial charge in [0.05, 0.1) is 24.6 Å². The van der Waals surface area contributed by atoms with Gasteiger partial charge in [-0.3, -0.25) is 4.79 Å². The Morgan fingerprint density at radius 2 is 1.88 bits per heavy atom. The molecule has 1 amide bonds. The average Bonchev–Trinajstić information content (AvgIpc) is 2.63. The van der Waals surface area contributed by atoms with Crippen molar-refractivity contribution in [2.45, 2.75) is 0 Å². The van der Waals surface area contributed by atoms with E-state index < -0.39 is 0 Å². The molecule has 1 aliphatic rings. The second kappa shape index (κ2) is 7.31. The SMILES string of the molecule is COc1ccccc1C(=O)Nc1ccc(N2CCN(C)CC2)nc1. The molecular formula is C18H22N4O2. The van der Waals surface area contributed by atoms with Gasteiger partial charge in [0.2, 0.25) is 0 Å². The van der Waals surface area contributed by atoms with Crippen LogP contribution in [0.5, 0.6) is 5.75 Å². The maximum atomic E-state index is 12.4. The standard InChI is InChI=1S/C18H22N4O2/c1-21-9-11-22(12-10-21)17-8-7-14(13-19-17)20-18(23)15-5-3-4-6-16(15)24-2/h3-8,13H,9-12H2,1-2H3,(H,20,23). The Kier molecular flexibility index (Phi) is 4.96. The molecule has 1 aromatic carbocycles. The normalized spacial score (nSPS) is 15.2. The zero-order valence-electron chi connectivity index (χ0n) is 14.0. The highest BCUT2D eigenvalue weighted by Gasteiger charge is 2.16. The van der Waals surface area contributed by atoms with Crippen LogP contribution < -0.4 is 15.0 Å². The lowest BCUT2D eigenvalue weighted by molar-refractivity contribution is 0.102. The number of aromatic nitrogens is 1. The number of hydrogen-bond acceptors (Lipinski definition) is 5. The lowest BCUT2D eigenvalue weighted by Crippen LogP contribution is -2.44. The second-order valence-electron chi connectivity index (χ2n) is 5.85. The first-order valence-electron chi connectivity index (χ1n) is 8.01. The first-order valence-corrected chi connectivity index (χ1v) is 8.01. The number of amides is 1. The van der Waals surface area contributed by atoms with E-state index in [9.17, 15) is 4.79 Å². The van der Waals surface area contributed by atoms with Gasteiger partial charge in [0.1, 0.15) is 11.6 Å². The van der Waals surface area contributed by atoms with Crippen LogP contribution in [0.15, 0.2) is 42.6 Å². The minimum Gasteiger partial charge on any atom is -0.496 e. The van der Waals surface area contributed by atoms with Crippen LogP contribution in [-0.2, 0) is 0 Å². The third-order valence-electron chi connectivity index (χ3n) is 4.18. The summed E-state index contributed by atoms with van der Waals surface area (Å²) in [7, 11) is 3.68. The van der Waals surface area contributed by atoms with Crippen LogP contribution in [0.1, 0.15) is 10.4 Å². The topological polar surface area (TPSA) is 57.7 Å². The van der Waals surface area contributed by atoms with E-state index in [4.69, 9.17) is 4.74 Å². The Morgan fingerprint density at radius 1 is 1.12 bits per heavy atom. The monoisotopic (exact) mass is 326 g/mol. The fraction of sp³-hybridized carbons (Fsp3) is 0.333. The molecular weight excluding hydrogens is 304 g/mol. The van der Waals surface area contributed by atoms with Crippen molar-refractivity contribution in [3.8, 4) is 5.75 Å². The number of nitrogens with one attached hydrogen (secondary N) is 1. The van der Waals surface area contributed by atoms with Gasteiger partial charge in [-0.25, -0.2) is 4.98 Å². The summed E-state index contributed by atoms with van der Waals surface area (Å²) in [6, 6.07) is 11.0. The molecule has 1 N–H and O–H groups in total. The summed E-state index contributed by atoms with van der Waals surface area (Å²) < 4.78 is 5.22. The molecule has 24 heavy (non-hydrogen) atoms. The molecule has 6 heteroatoms. The zero-order chi connectivity index (χ0) is 16.9. The molecule has 0 saturated carbocycles. The first-order chi connectivity index (χ1) is 11.7. The largest absolute Gasteiger partial charge is 0.496 e. The highest BCUT2D eigenvalue weighted by Crippen LogP contribution is 2.20. The molecule has 0 bridgehead atoms. The highest BCUT2D eigenvalue weighted by atomic mass is 16.5. The van der Waals surface area contributed by atoms with Gasteiger partial charge in [-0.2, -0.15) is 0 Å². The first kappa shape index (κ1) is 16.3. The molecule has 1 aromatic heterocycles. The number of methoxy groups -OCH3 is 1. The van der Waals surface area contributed by atoms with Crippen LogP contribution in [0.4, 0.5) is 11.5 Å². The van der Waals surface area contributed by atoms with Crippen molar-refractivity contribution in [1.82, 2.24) is 9.88 Å². The summed E-state index contributed by atoms with van der Waals surface area (Å²) >= 11 is 0. The third kappa shape index (κ3) is 3.65. The Morgan fingerprint density at radius 3 is 2.54 bits per heavy atom. The van der Waals surface area contributed by atoms with Crippen molar-refractivity contribution < 1.29 is 9.53 Å². The number of pyridine rings is 1. The molecule has 2 heterocycles. The van der Waals surface area contributed by atoms with Gasteiger partial charge in [0.25, 0.3) is 5.91 Å². The predicted molar refractivity (Wildman–Crippen MR) is 94.9 cm³/mol. The minimum absolute atomic E-state index is 0.207. The van der Waals surface area contributed by atoms with Gasteiger partial charge in [0.15, 0.2) is 0 Å². The number of carbonyl (C=O) groups excluding carboxylic acids is 1. The van der Waals surface area contributed by atoms with Gasteiger partial charge in [0, 0.05) is 26.2 Å². The van der Waals surface area contributed by atoms with Crippen molar-refractivity contribution in [2.24, 2.45) is 0 Å². The zero-order valence-corrected chi connectivity index (χ0v) is 14.0. The number of likely N-dealkylation sites (N-methyl/N-ethyl adjacent to an activating group) is 1. The maximum absolute atomic E-state index is 12.4. The van der Waals surface area contributed by atoms with Gasteiger partial charge >= 0.3 is 0 Å². The summed E-state index contributed by atoms with van der Waals surface area (Å²) in [5, 5.41) is 2.86. The molecule has 1 fully saturated rings. The molecule has 0 atom stereocenters. The smallest absolute Gasteiger partial charge is 0.259 e. The van der Waals surface area contributed by atoms with E-state index in [0.29, 0.717) is 17.0 Å². The molecule has 6 nitrogen and oxygen atoms in total. The van der Waals surface area contributed by atoms with E-state index in [1.807, 2.05) is 24.3 Å². The Labute approximate surface area is 142 Å². The second-order valence-corrected chi connectivity index (χ2v) is 5.85. The van der Waals surface area contributed by atoms with Crippen molar-refractivity contribution in [1.29, 1.82) is 0 Å². The van der Waals surface area contributed by atoms with Crippen LogP contribution in [0.2, 0.25) is 0 Å². The number of ether oxygens (including phenoxy) is 1. The molecule has 1 saturated heterocycles. The summed E-state index contributed by atoms with van der Waals surface area (Å²) in [5.41, 5.74) is 1.17. The molecule has 0 spiro atoms. The average molecular weight is 326 g/mol. The molecule has 0 radical (unpaired) electrons. The summed E-state index contributed by atoms with van der Waals surface area (Å²) in [5.74, 6) is 1.29. The van der Waals surface area contributed by atoms with Gasteiger partial charge in [-0.15, -0.1) is 0 Å². The number of rotatable bonds is 4. The number of carbonyl (C=O) groups is 1. The Bertz CT molecular complexity index is 694. The number of piperazine rings is 1. The fourth-order valence-corrected chi connectivity index (χ4v) is 2.71. The van der Waals surface area contributed by atoms with Crippen molar-refractivity contribution in [3.05, 3.63) is 48.2 Å². The predicted octanol–water partition coefficient (Wildman–Crippen LogP) is 2.09. The van der Waals surface area contributed by atoms with E-state index in [1.54, 1.807) is 25.4 Å². The molecule has 0 aliphatic carbocycles. The molecule has 0 unspecified atom stereocenters. The van der Waals surface area contributed by atoms with Gasteiger partial charge < -0.3 is 19.9 Å². The van der Waals surface area contributed by atoms with Crippen LogP contribution >= 0.6 is 0 Å². The highest BCUT2D eigenvalue weighted by molar-refractivity contribution is 6.06. The third-order valence-corrected chi connectivity index (χ3v) is 4.18. The Balaban J connectivity index is 1.67. The molecule has 2 aromatic rings. The number of nitrogens with zero attached hydrogens (tertiary/aromatic N) is 3. The maximum Gasteiger partial charge on any atom is 0.259 e. The van der Waals surface area contributed by atoms with Gasteiger partial charge in [-0.05, 0) is 31.3 Å². The van der Waals surface area contributed by atoms with E-state index in [2.05, 4.69) is 27.1 Å². The van der Waals surface area contributed by atoms with Crippen molar-refractivity contribution in [3.63, 3.8) is 0 Å². The van der Waals surface area contributed by atoms with Gasteiger partial charge in [-0.1, -0.05) is 12.1 Å². The van der Waals surface area contributed by atoms with Crippen molar-refractivity contribution in [2.75, 3.05) is 50.6 Å². The summed E-state index contributed by atoms with van der Waals surface area (Å²) in [6.07, 6.45) is 1.70. The minimum atomic E-state index is -0.207. The fourth-order valence-electron chi connectivity index (χ4n) is 2.71. The number of anilines is 2. The summed E-state index contributed by atoms with van der Waals surface area (Å²) in [6.45, 7) is 4.01. The number of para-hydroxylation sites is 1. The summed E-state index contributed by atoms with van der Waals surface area (Å²) in [4.78, 5) is 21.4. The lowest BCUT2D eigenvalue weighted by atomic mass is 10.2. The van der Waals surface area contributed by atoms with Crippen LogP contribution in [0, 0.1) is 0 Å². The van der Waals surface area contributed by atoms with Crippen molar-refractivity contribution >= 4 is 17.4 Å². The van der Waals surface area contributed by atoms with E-state index >= 15 is 0 Å². The van der Waals surface area contributed by atoms with E-state index in [0.717, 1.165) is 32.0 Å². The number of benzene rings is 1. The van der Waals surface area contributed by atoms with Crippen LogP contribution in [0.3, 0.4) is 0 Å². The molecule has 3 rings (SSSR count). The quantitative estimate of drug-likeness (QED) is 0.932. The molecule has 126 valence electrons.